The molecule has 0 aliphatic heterocycles. The van der Waals surface area contributed by atoms with Gasteiger partial charge in [-0.05, 0) is 25.1 Å². The number of ether oxygens (including phenoxy) is 1. The first-order valence-corrected chi connectivity index (χ1v) is 4.48. The molecule has 0 aromatic heterocycles. The normalized spacial score (nSPS) is 11.3. The van der Waals surface area contributed by atoms with Gasteiger partial charge in [0.25, 0.3) is 0 Å². The van der Waals surface area contributed by atoms with Gasteiger partial charge in [-0.3, -0.25) is 0 Å². The van der Waals surface area contributed by atoms with Gasteiger partial charge in [-0.2, -0.15) is 13.2 Å². The van der Waals surface area contributed by atoms with E-state index < -0.39 is 11.7 Å². The highest BCUT2D eigenvalue weighted by Gasteiger charge is 2.33. The smallest absolute Gasteiger partial charge is 0.418 e. The van der Waals surface area contributed by atoms with Crippen LogP contribution < -0.4 is 10.1 Å². The molecule has 1 aromatic carbocycles. The number of rotatable bonds is 3. The summed E-state index contributed by atoms with van der Waals surface area (Å²) in [5.41, 5.74) is -0.630. The predicted octanol–water partition coefficient (Wildman–Crippen LogP) is 3.15. The second-order valence-corrected chi connectivity index (χ2v) is 2.94. The van der Waals surface area contributed by atoms with Gasteiger partial charge < -0.3 is 10.1 Å². The monoisotopic (exact) mass is 219 g/mol. The summed E-state index contributed by atoms with van der Waals surface area (Å²) in [6.45, 7) is 2.18. The molecule has 0 saturated carbocycles. The van der Waals surface area contributed by atoms with Gasteiger partial charge in [0.2, 0.25) is 0 Å². The van der Waals surface area contributed by atoms with Crippen molar-refractivity contribution in [2.24, 2.45) is 0 Å². The average Bonchev–Trinajstić information content (AvgIpc) is 2.17. The topological polar surface area (TPSA) is 21.3 Å². The van der Waals surface area contributed by atoms with Crippen LogP contribution in [0.1, 0.15) is 12.5 Å². The number of methoxy groups -OCH3 is 1. The Labute approximate surface area is 86.1 Å². The summed E-state index contributed by atoms with van der Waals surface area (Å²) in [5, 5.41) is 2.66. The Kier molecular flexibility index (Phi) is 3.44. The van der Waals surface area contributed by atoms with Crippen molar-refractivity contribution in [2.45, 2.75) is 13.1 Å². The number of halogens is 3. The van der Waals surface area contributed by atoms with E-state index in [0.29, 0.717) is 6.54 Å². The summed E-state index contributed by atoms with van der Waals surface area (Å²) < 4.78 is 42.5. The Balaban J connectivity index is 3.16. The zero-order valence-electron chi connectivity index (χ0n) is 8.48. The minimum absolute atomic E-state index is 0.0748. The number of nitrogens with one attached hydrogen (secondary N) is 1. The first kappa shape index (κ1) is 11.7. The number of hydrogen-bond acceptors (Lipinski definition) is 2. The van der Waals surface area contributed by atoms with E-state index in [1.54, 1.807) is 6.92 Å². The average molecular weight is 219 g/mol. The molecule has 84 valence electrons. The molecule has 0 aliphatic rings. The Morgan fingerprint density at radius 2 is 2.00 bits per heavy atom. The first-order valence-electron chi connectivity index (χ1n) is 4.48. The zero-order valence-corrected chi connectivity index (χ0v) is 8.48. The number of anilines is 1. The highest BCUT2D eigenvalue weighted by molar-refractivity contribution is 5.55. The van der Waals surface area contributed by atoms with Crippen LogP contribution in [0.3, 0.4) is 0 Å². The molecular formula is C10H12F3NO. The van der Waals surface area contributed by atoms with Crippen LogP contribution in [0.25, 0.3) is 0 Å². The van der Waals surface area contributed by atoms with E-state index in [1.807, 2.05) is 0 Å². The number of benzene rings is 1. The molecule has 15 heavy (non-hydrogen) atoms. The zero-order chi connectivity index (χ0) is 11.5. The maximum absolute atomic E-state index is 12.6. The van der Waals surface area contributed by atoms with E-state index in [4.69, 9.17) is 4.74 Å². The quantitative estimate of drug-likeness (QED) is 0.843. The minimum atomic E-state index is -4.37. The number of alkyl halides is 3. The van der Waals surface area contributed by atoms with Crippen molar-refractivity contribution in [3.8, 4) is 5.75 Å². The summed E-state index contributed by atoms with van der Waals surface area (Å²) in [5.74, 6) is 0.198. The van der Waals surface area contributed by atoms with Crippen LogP contribution in [0.15, 0.2) is 18.2 Å². The van der Waals surface area contributed by atoms with Crippen LogP contribution in [0.5, 0.6) is 5.75 Å². The molecule has 0 heterocycles. The molecular weight excluding hydrogens is 207 g/mol. The third-order valence-electron chi connectivity index (χ3n) is 1.90. The molecule has 0 atom stereocenters. The summed E-state index contributed by atoms with van der Waals surface area (Å²) >= 11 is 0. The molecule has 0 fully saturated rings. The fraction of sp³-hybridized carbons (Fsp3) is 0.400. The van der Waals surface area contributed by atoms with E-state index in [-0.39, 0.29) is 11.4 Å². The van der Waals surface area contributed by atoms with Crippen molar-refractivity contribution in [2.75, 3.05) is 19.0 Å². The van der Waals surface area contributed by atoms with Gasteiger partial charge in [0.05, 0.1) is 12.7 Å². The van der Waals surface area contributed by atoms with Crippen molar-refractivity contribution in [3.05, 3.63) is 23.8 Å². The van der Waals surface area contributed by atoms with E-state index >= 15 is 0 Å². The Bertz CT molecular complexity index is 336. The minimum Gasteiger partial charge on any atom is -0.497 e. The summed E-state index contributed by atoms with van der Waals surface area (Å²) in [4.78, 5) is 0. The molecule has 0 bridgehead atoms. The van der Waals surface area contributed by atoms with Crippen LogP contribution in [0, 0.1) is 0 Å². The van der Waals surface area contributed by atoms with Gasteiger partial charge in [-0.15, -0.1) is 0 Å². The second-order valence-electron chi connectivity index (χ2n) is 2.94. The Morgan fingerprint density at radius 1 is 1.33 bits per heavy atom. The Morgan fingerprint density at radius 3 is 2.47 bits per heavy atom. The molecule has 0 aliphatic carbocycles. The molecule has 1 N–H and O–H groups in total. The van der Waals surface area contributed by atoms with Crippen LogP contribution in [0.2, 0.25) is 0 Å². The maximum Gasteiger partial charge on any atom is 0.418 e. The lowest BCUT2D eigenvalue weighted by atomic mass is 10.1. The van der Waals surface area contributed by atoms with E-state index in [9.17, 15) is 13.2 Å². The van der Waals surface area contributed by atoms with Gasteiger partial charge >= 0.3 is 6.18 Å². The Hall–Kier alpha value is -1.39. The van der Waals surface area contributed by atoms with Crippen molar-refractivity contribution in [1.82, 2.24) is 0 Å². The van der Waals surface area contributed by atoms with Crippen molar-refractivity contribution >= 4 is 5.69 Å². The highest BCUT2D eigenvalue weighted by Crippen LogP contribution is 2.36. The first-order chi connectivity index (χ1) is 6.99. The van der Waals surface area contributed by atoms with Crippen molar-refractivity contribution < 1.29 is 17.9 Å². The number of hydrogen-bond donors (Lipinski definition) is 1. The van der Waals surface area contributed by atoms with Gasteiger partial charge in [0.1, 0.15) is 5.75 Å². The van der Waals surface area contributed by atoms with Gasteiger partial charge in [0, 0.05) is 12.2 Å². The fourth-order valence-electron chi connectivity index (χ4n) is 1.23. The third-order valence-corrected chi connectivity index (χ3v) is 1.90. The van der Waals surface area contributed by atoms with Crippen LogP contribution in [-0.4, -0.2) is 13.7 Å². The van der Waals surface area contributed by atoms with E-state index in [2.05, 4.69) is 5.32 Å². The molecule has 5 heteroatoms. The SMILES string of the molecule is CCNc1ccc(OC)cc1C(F)(F)F. The van der Waals surface area contributed by atoms with Crippen LogP contribution in [-0.2, 0) is 6.18 Å². The molecule has 0 spiro atoms. The molecule has 0 unspecified atom stereocenters. The lowest BCUT2D eigenvalue weighted by Gasteiger charge is -2.14. The summed E-state index contributed by atoms with van der Waals surface area (Å²) in [6, 6.07) is 3.84. The molecule has 1 aromatic rings. The van der Waals surface area contributed by atoms with E-state index in [0.717, 1.165) is 6.07 Å². The third kappa shape index (κ3) is 2.78. The lowest BCUT2D eigenvalue weighted by molar-refractivity contribution is -0.137. The van der Waals surface area contributed by atoms with Crippen molar-refractivity contribution in [1.29, 1.82) is 0 Å². The molecule has 0 saturated heterocycles. The summed E-state index contributed by atoms with van der Waals surface area (Å²) in [7, 11) is 1.34. The van der Waals surface area contributed by atoms with Gasteiger partial charge in [0.15, 0.2) is 0 Å². The van der Waals surface area contributed by atoms with Crippen LogP contribution in [0.4, 0.5) is 18.9 Å². The molecule has 0 radical (unpaired) electrons. The summed E-state index contributed by atoms with van der Waals surface area (Å²) in [6.07, 6.45) is -4.37. The fourth-order valence-corrected chi connectivity index (χ4v) is 1.23. The van der Waals surface area contributed by atoms with E-state index in [1.165, 1.54) is 19.2 Å². The second kappa shape index (κ2) is 4.42. The van der Waals surface area contributed by atoms with Crippen LogP contribution >= 0.6 is 0 Å². The predicted molar refractivity (Wildman–Crippen MR) is 52.2 cm³/mol. The highest BCUT2D eigenvalue weighted by atomic mass is 19.4. The lowest BCUT2D eigenvalue weighted by Crippen LogP contribution is -2.10. The molecule has 0 amide bonds. The van der Waals surface area contributed by atoms with Gasteiger partial charge in [-0.1, -0.05) is 0 Å². The van der Waals surface area contributed by atoms with Gasteiger partial charge in [-0.25, -0.2) is 0 Å². The standard InChI is InChI=1S/C10H12F3NO/c1-3-14-9-5-4-7(15-2)6-8(9)10(11,12)13/h4-6,14H,3H2,1-2H3. The largest absolute Gasteiger partial charge is 0.497 e. The molecule has 2 nitrogen and oxygen atoms in total. The molecule has 1 rings (SSSR count). The van der Waals surface area contributed by atoms with Crippen molar-refractivity contribution in [3.63, 3.8) is 0 Å². The maximum atomic E-state index is 12.6.